The third-order valence-electron chi connectivity index (χ3n) is 1.30. The Balaban J connectivity index is 3.24. The summed E-state index contributed by atoms with van der Waals surface area (Å²) in [5, 5.41) is 0. The van der Waals surface area contributed by atoms with Crippen molar-refractivity contribution < 1.29 is 9.13 Å². The van der Waals surface area contributed by atoms with Gasteiger partial charge in [0.15, 0.2) is 5.82 Å². The number of ether oxygens (including phenoxy) is 1. The van der Waals surface area contributed by atoms with Gasteiger partial charge in [-0.1, -0.05) is 0 Å². The molecule has 0 radical (unpaired) electrons. The van der Waals surface area contributed by atoms with E-state index in [2.05, 4.69) is 12.6 Å². The zero-order valence-corrected chi connectivity index (χ0v) is 6.86. The van der Waals surface area contributed by atoms with Crippen molar-refractivity contribution >= 4 is 18.3 Å². The topological polar surface area (TPSA) is 35.2 Å². The summed E-state index contributed by atoms with van der Waals surface area (Å²) in [6, 6.07) is 2.79. The van der Waals surface area contributed by atoms with E-state index in [1.165, 1.54) is 13.2 Å². The van der Waals surface area contributed by atoms with Crippen molar-refractivity contribution in [3.63, 3.8) is 0 Å². The first kappa shape index (κ1) is 8.20. The molecule has 0 saturated carbocycles. The molecule has 1 aromatic rings. The lowest BCUT2D eigenvalue weighted by Crippen LogP contribution is -1.95. The molecule has 60 valence electrons. The van der Waals surface area contributed by atoms with Gasteiger partial charge >= 0.3 is 0 Å². The van der Waals surface area contributed by atoms with Crippen molar-refractivity contribution in [1.82, 2.24) is 0 Å². The minimum Gasteiger partial charge on any atom is -0.494 e. The number of halogens is 1. The molecule has 0 fully saturated rings. The molecule has 0 amide bonds. The first-order valence-electron chi connectivity index (χ1n) is 2.97. The fourth-order valence-electron chi connectivity index (χ4n) is 0.748. The molecule has 0 aliphatic carbocycles. The van der Waals surface area contributed by atoms with Crippen LogP contribution >= 0.6 is 12.6 Å². The third-order valence-corrected chi connectivity index (χ3v) is 1.55. The molecule has 11 heavy (non-hydrogen) atoms. The number of hydrogen-bond donors (Lipinski definition) is 2. The summed E-state index contributed by atoms with van der Waals surface area (Å²) in [7, 11) is 1.43. The minimum atomic E-state index is -0.505. The maximum Gasteiger partial charge on any atom is 0.151 e. The highest BCUT2D eigenvalue weighted by molar-refractivity contribution is 7.80. The Morgan fingerprint density at radius 1 is 1.55 bits per heavy atom. The van der Waals surface area contributed by atoms with Gasteiger partial charge in [-0.25, -0.2) is 4.39 Å². The summed E-state index contributed by atoms with van der Waals surface area (Å²) in [6.45, 7) is 0. The van der Waals surface area contributed by atoms with E-state index < -0.39 is 5.82 Å². The fraction of sp³-hybridized carbons (Fsp3) is 0.143. The molecular weight excluding hydrogens is 165 g/mol. The Labute approximate surface area is 69.6 Å². The van der Waals surface area contributed by atoms with E-state index in [1.54, 1.807) is 6.07 Å². The molecule has 2 N–H and O–H groups in total. The lowest BCUT2D eigenvalue weighted by atomic mass is 10.3. The summed E-state index contributed by atoms with van der Waals surface area (Å²) in [5.74, 6) is -0.190. The van der Waals surface area contributed by atoms with Crippen molar-refractivity contribution in [2.24, 2.45) is 0 Å². The average Bonchev–Trinajstić information content (AvgIpc) is 1.96. The smallest absolute Gasteiger partial charge is 0.151 e. The number of hydrogen-bond acceptors (Lipinski definition) is 3. The van der Waals surface area contributed by atoms with Gasteiger partial charge in [0.1, 0.15) is 11.4 Å². The Bertz CT molecular complexity index is 277. The lowest BCUT2D eigenvalue weighted by molar-refractivity contribution is 0.413. The Kier molecular flexibility index (Phi) is 2.24. The molecule has 0 aromatic heterocycles. The quantitative estimate of drug-likeness (QED) is 0.501. The van der Waals surface area contributed by atoms with E-state index in [4.69, 9.17) is 10.5 Å². The molecule has 0 bridgehead atoms. The molecule has 0 atom stereocenters. The number of thiol groups is 1. The molecule has 0 unspecified atom stereocenters. The molecular formula is C7H8FNOS. The number of anilines is 1. The van der Waals surface area contributed by atoms with Gasteiger partial charge < -0.3 is 10.5 Å². The fourth-order valence-corrected chi connectivity index (χ4v) is 0.978. The van der Waals surface area contributed by atoms with Crippen molar-refractivity contribution in [2.75, 3.05) is 12.8 Å². The molecule has 2 nitrogen and oxygen atoms in total. The zero-order chi connectivity index (χ0) is 8.43. The summed E-state index contributed by atoms with van der Waals surface area (Å²) < 4.78 is 17.6. The highest BCUT2D eigenvalue weighted by Gasteiger charge is 2.05. The number of benzene rings is 1. The van der Waals surface area contributed by atoms with Crippen LogP contribution in [-0.2, 0) is 0 Å². The molecule has 4 heteroatoms. The second kappa shape index (κ2) is 3.00. The van der Waals surface area contributed by atoms with Crippen LogP contribution < -0.4 is 10.5 Å². The van der Waals surface area contributed by atoms with Crippen LogP contribution in [0, 0.1) is 5.82 Å². The zero-order valence-electron chi connectivity index (χ0n) is 5.97. The molecule has 0 aliphatic rings. The van der Waals surface area contributed by atoms with Crippen molar-refractivity contribution in [3.8, 4) is 5.75 Å². The maximum absolute atomic E-state index is 12.8. The standard InChI is InChI=1S/C7H8FNOS/c1-10-6-3-4(11)2-5(8)7(6)9/h2-3,11H,9H2,1H3. The van der Waals surface area contributed by atoms with Crippen LogP contribution in [0.3, 0.4) is 0 Å². The first-order valence-corrected chi connectivity index (χ1v) is 3.42. The van der Waals surface area contributed by atoms with E-state index in [-0.39, 0.29) is 5.69 Å². The lowest BCUT2D eigenvalue weighted by Gasteiger charge is -2.05. The van der Waals surface area contributed by atoms with Gasteiger partial charge in [-0.3, -0.25) is 0 Å². The van der Waals surface area contributed by atoms with Crippen LogP contribution in [-0.4, -0.2) is 7.11 Å². The van der Waals surface area contributed by atoms with E-state index >= 15 is 0 Å². The normalized spacial score (nSPS) is 9.73. The SMILES string of the molecule is COc1cc(S)cc(F)c1N. The highest BCUT2D eigenvalue weighted by Crippen LogP contribution is 2.27. The molecule has 0 aliphatic heterocycles. The first-order chi connectivity index (χ1) is 5.15. The van der Waals surface area contributed by atoms with Gasteiger partial charge in [0.25, 0.3) is 0 Å². The van der Waals surface area contributed by atoms with Crippen LogP contribution in [0.25, 0.3) is 0 Å². The predicted molar refractivity (Wildman–Crippen MR) is 44.6 cm³/mol. The summed E-state index contributed by atoms with van der Waals surface area (Å²) in [4.78, 5) is 0.494. The number of nitrogens with two attached hydrogens (primary N) is 1. The van der Waals surface area contributed by atoms with Crippen LogP contribution in [0.4, 0.5) is 10.1 Å². The minimum absolute atomic E-state index is 0.0188. The Morgan fingerprint density at radius 3 is 2.73 bits per heavy atom. The number of rotatable bonds is 1. The maximum atomic E-state index is 12.8. The van der Waals surface area contributed by atoms with Crippen LogP contribution in [0.2, 0.25) is 0 Å². The third kappa shape index (κ3) is 1.57. The van der Waals surface area contributed by atoms with Gasteiger partial charge in [0, 0.05) is 4.90 Å². The van der Waals surface area contributed by atoms with Crippen LogP contribution in [0.5, 0.6) is 5.75 Å². The highest BCUT2D eigenvalue weighted by atomic mass is 32.1. The van der Waals surface area contributed by atoms with Crippen molar-refractivity contribution in [2.45, 2.75) is 4.90 Å². The van der Waals surface area contributed by atoms with Gasteiger partial charge in [0.2, 0.25) is 0 Å². The molecule has 0 heterocycles. The van der Waals surface area contributed by atoms with Crippen LogP contribution in [0.1, 0.15) is 0 Å². The second-order valence-electron chi connectivity index (χ2n) is 2.04. The number of methoxy groups -OCH3 is 1. The van der Waals surface area contributed by atoms with Gasteiger partial charge in [-0.15, -0.1) is 12.6 Å². The summed E-state index contributed by atoms with van der Waals surface area (Å²) in [6.07, 6.45) is 0. The second-order valence-corrected chi connectivity index (χ2v) is 2.56. The van der Waals surface area contributed by atoms with Crippen molar-refractivity contribution in [3.05, 3.63) is 17.9 Å². The van der Waals surface area contributed by atoms with E-state index in [1.807, 2.05) is 0 Å². The Morgan fingerprint density at radius 2 is 2.18 bits per heavy atom. The monoisotopic (exact) mass is 173 g/mol. The van der Waals surface area contributed by atoms with E-state index in [0.29, 0.717) is 10.6 Å². The van der Waals surface area contributed by atoms with Crippen molar-refractivity contribution in [1.29, 1.82) is 0 Å². The van der Waals surface area contributed by atoms with Gasteiger partial charge in [0.05, 0.1) is 7.11 Å². The molecule has 1 aromatic carbocycles. The summed E-state index contributed by atoms with van der Waals surface area (Å²) >= 11 is 3.95. The van der Waals surface area contributed by atoms with E-state index in [0.717, 1.165) is 0 Å². The molecule has 0 spiro atoms. The number of nitrogen functional groups attached to an aromatic ring is 1. The summed E-state index contributed by atoms with van der Waals surface area (Å²) in [5.41, 5.74) is 5.35. The molecule has 1 rings (SSSR count). The molecule has 0 saturated heterocycles. The average molecular weight is 173 g/mol. The van der Waals surface area contributed by atoms with E-state index in [9.17, 15) is 4.39 Å². The largest absolute Gasteiger partial charge is 0.494 e. The van der Waals surface area contributed by atoms with Gasteiger partial charge in [-0.2, -0.15) is 0 Å². The van der Waals surface area contributed by atoms with Crippen LogP contribution in [0.15, 0.2) is 17.0 Å². The predicted octanol–water partition coefficient (Wildman–Crippen LogP) is 1.71. The van der Waals surface area contributed by atoms with Gasteiger partial charge in [-0.05, 0) is 12.1 Å². The Hall–Kier alpha value is -0.900.